The number of carbonyl (C=O) groups excluding carboxylic acids is 2. The highest BCUT2D eigenvalue weighted by molar-refractivity contribution is 5.94. The molecule has 0 radical (unpaired) electrons. The van der Waals surface area contributed by atoms with E-state index in [1.807, 2.05) is 18.3 Å². The number of furan rings is 1. The van der Waals surface area contributed by atoms with Crippen LogP contribution in [0.5, 0.6) is 0 Å². The maximum Gasteiger partial charge on any atom is 0.254 e. The van der Waals surface area contributed by atoms with E-state index in [1.54, 1.807) is 6.07 Å². The quantitative estimate of drug-likeness (QED) is 0.746. The molecule has 0 spiro atoms. The molecular weight excluding hydrogens is 358 g/mol. The predicted molar refractivity (Wildman–Crippen MR) is 106 cm³/mol. The number of aromatic nitrogens is 1. The van der Waals surface area contributed by atoms with Crippen LogP contribution >= 0.6 is 0 Å². The van der Waals surface area contributed by atoms with E-state index < -0.39 is 0 Å². The van der Waals surface area contributed by atoms with Gasteiger partial charge in [0, 0.05) is 45.3 Å². The number of pyridine rings is 1. The Kier molecular flexibility index (Phi) is 7.02. The Balaban J connectivity index is 1.38. The van der Waals surface area contributed by atoms with Gasteiger partial charge in [-0.3, -0.25) is 9.59 Å². The largest absolute Gasteiger partial charge is 0.472 e. The minimum absolute atomic E-state index is 0.118. The van der Waals surface area contributed by atoms with E-state index in [2.05, 4.69) is 32.5 Å². The van der Waals surface area contributed by atoms with Gasteiger partial charge in [-0.05, 0) is 37.7 Å². The maximum atomic E-state index is 12.0. The summed E-state index contributed by atoms with van der Waals surface area (Å²) in [7, 11) is 2.14. The van der Waals surface area contributed by atoms with Crippen molar-refractivity contribution in [1.82, 2.24) is 20.5 Å². The molecule has 8 nitrogen and oxygen atoms in total. The number of hydrogen-bond acceptors (Lipinski definition) is 6. The van der Waals surface area contributed by atoms with E-state index in [-0.39, 0.29) is 24.8 Å². The van der Waals surface area contributed by atoms with Crippen molar-refractivity contribution < 1.29 is 14.0 Å². The van der Waals surface area contributed by atoms with E-state index in [0.717, 1.165) is 44.0 Å². The predicted octanol–water partition coefficient (Wildman–Crippen LogP) is 1.25. The van der Waals surface area contributed by atoms with E-state index in [1.165, 1.54) is 12.5 Å². The summed E-state index contributed by atoms with van der Waals surface area (Å²) < 4.78 is 4.86. The lowest BCUT2D eigenvalue weighted by molar-refractivity contribution is -0.121. The number of carbonyl (C=O) groups is 2. The molecule has 28 heavy (non-hydrogen) atoms. The zero-order valence-corrected chi connectivity index (χ0v) is 16.2. The first kappa shape index (κ1) is 19.9. The molecule has 150 valence electrons. The first-order valence-electron chi connectivity index (χ1n) is 9.57. The van der Waals surface area contributed by atoms with Crippen LogP contribution in [0.3, 0.4) is 0 Å². The minimum Gasteiger partial charge on any atom is -0.472 e. The van der Waals surface area contributed by atoms with E-state index in [0.29, 0.717) is 12.1 Å². The number of hydrogen-bond donors (Lipinski definition) is 2. The number of nitrogens with zero attached hydrogens (tertiary/aromatic N) is 3. The smallest absolute Gasteiger partial charge is 0.254 e. The van der Waals surface area contributed by atoms with Gasteiger partial charge in [-0.25, -0.2) is 4.98 Å². The van der Waals surface area contributed by atoms with Gasteiger partial charge in [-0.2, -0.15) is 0 Å². The first-order valence-corrected chi connectivity index (χ1v) is 9.57. The van der Waals surface area contributed by atoms with Crippen LogP contribution in [0.4, 0.5) is 5.82 Å². The fraction of sp³-hybridized carbons (Fsp3) is 0.450. The van der Waals surface area contributed by atoms with Crippen molar-refractivity contribution in [2.45, 2.75) is 19.4 Å². The molecule has 3 heterocycles. The third-order valence-electron chi connectivity index (χ3n) is 4.76. The van der Waals surface area contributed by atoms with Gasteiger partial charge in [0.25, 0.3) is 5.91 Å². The van der Waals surface area contributed by atoms with E-state index in [4.69, 9.17) is 4.42 Å². The number of amides is 2. The third-order valence-corrected chi connectivity index (χ3v) is 4.76. The second-order valence-electron chi connectivity index (χ2n) is 6.96. The zero-order valence-electron chi connectivity index (χ0n) is 16.2. The van der Waals surface area contributed by atoms with Crippen LogP contribution in [-0.4, -0.2) is 61.5 Å². The topological polar surface area (TPSA) is 90.7 Å². The second kappa shape index (κ2) is 9.89. The van der Waals surface area contributed by atoms with Gasteiger partial charge in [0.05, 0.1) is 11.8 Å². The Morgan fingerprint density at radius 1 is 1.14 bits per heavy atom. The average Bonchev–Trinajstić information content (AvgIpc) is 3.16. The summed E-state index contributed by atoms with van der Waals surface area (Å²) in [5, 5.41) is 5.54. The lowest BCUT2D eigenvalue weighted by Crippen LogP contribution is -2.30. The van der Waals surface area contributed by atoms with Crippen molar-refractivity contribution in [2.75, 3.05) is 44.7 Å². The van der Waals surface area contributed by atoms with Crippen molar-refractivity contribution in [3.63, 3.8) is 0 Å². The molecule has 0 aliphatic carbocycles. The molecule has 1 aliphatic rings. The Hall–Kier alpha value is -2.87. The van der Waals surface area contributed by atoms with Crippen molar-refractivity contribution in [3.05, 3.63) is 48.0 Å². The standard InChI is InChI=1S/C20H27N5O3/c1-24-8-2-9-25(11-10-24)18-4-3-16(13-22-18)14-23-19(26)5-7-21-20(27)17-6-12-28-15-17/h3-4,6,12-13,15H,2,5,7-11,14H2,1H3,(H,21,27)(H,23,26). The number of rotatable bonds is 7. The average molecular weight is 385 g/mol. The molecule has 3 rings (SSSR count). The summed E-state index contributed by atoms with van der Waals surface area (Å²) in [5.41, 5.74) is 1.40. The van der Waals surface area contributed by atoms with Gasteiger partial charge in [-0.1, -0.05) is 6.07 Å². The molecule has 0 unspecified atom stereocenters. The fourth-order valence-electron chi connectivity index (χ4n) is 3.06. The van der Waals surface area contributed by atoms with Crippen molar-refractivity contribution in [1.29, 1.82) is 0 Å². The van der Waals surface area contributed by atoms with Gasteiger partial charge < -0.3 is 24.9 Å². The Bertz CT molecular complexity index is 761. The number of anilines is 1. The molecule has 0 atom stereocenters. The van der Waals surface area contributed by atoms with Crippen LogP contribution in [0, 0.1) is 0 Å². The zero-order chi connectivity index (χ0) is 19.8. The van der Waals surface area contributed by atoms with E-state index in [9.17, 15) is 9.59 Å². The molecule has 2 N–H and O–H groups in total. The summed E-state index contributed by atoms with van der Waals surface area (Å²) in [4.78, 5) is 32.9. The molecule has 0 bridgehead atoms. The van der Waals surface area contributed by atoms with E-state index >= 15 is 0 Å². The molecule has 1 aliphatic heterocycles. The van der Waals surface area contributed by atoms with Crippen LogP contribution in [0.15, 0.2) is 41.3 Å². The number of nitrogens with one attached hydrogen (secondary N) is 2. The van der Waals surface area contributed by atoms with Gasteiger partial charge >= 0.3 is 0 Å². The highest BCUT2D eigenvalue weighted by Crippen LogP contribution is 2.14. The summed E-state index contributed by atoms with van der Waals surface area (Å²) in [6.45, 7) is 4.84. The monoisotopic (exact) mass is 385 g/mol. The highest BCUT2D eigenvalue weighted by Gasteiger charge is 2.13. The second-order valence-corrected chi connectivity index (χ2v) is 6.96. The lowest BCUT2D eigenvalue weighted by Gasteiger charge is -2.21. The van der Waals surface area contributed by atoms with Crippen LogP contribution < -0.4 is 15.5 Å². The molecule has 8 heteroatoms. The maximum absolute atomic E-state index is 12.0. The summed E-state index contributed by atoms with van der Waals surface area (Å²) in [6.07, 6.45) is 5.97. The first-order chi connectivity index (χ1) is 13.6. The third kappa shape index (κ3) is 5.82. The summed E-state index contributed by atoms with van der Waals surface area (Å²) in [5.74, 6) is 0.612. The van der Waals surface area contributed by atoms with Gasteiger partial charge in [0.15, 0.2) is 0 Å². The van der Waals surface area contributed by atoms with Crippen LogP contribution in [0.2, 0.25) is 0 Å². The molecule has 1 fully saturated rings. The minimum atomic E-state index is -0.249. The Labute approximate surface area is 164 Å². The van der Waals surface area contributed by atoms with Crippen LogP contribution in [0.25, 0.3) is 0 Å². The van der Waals surface area contributed by atoms with Gasteiger partial charge in [0.2, 0.25) is 5.91 Å². The van der Waals surface area contributed by atoms with Crippen molar-refractivity contribution in [3.8, 4) is 0 Å². The summed E-state index contributed by atoms with van der Waals surface area (Å²) in [6, 6.07) is 5.59. The molecule has 2 amide bonds. The molecule has 2 aromatic rings. The lowest BCUT2D eigenvalue weighted by atomic mass is 10.2. The highest BCUT2D eigenvalue weighted by atomic mass is 16.3. The van der Waals surface area contributed by atoms with Crippen LogP contribution in [-0.2, 0) is 11.3 Å². The van der Waals surface area contributed by atoms with Crippen LogP contribution in [0.1, 0.15) is 28.8 Å². The molecule has 0 aromatic carbocycles. The Morgan fingerprint density at radius 3 is 2.79 bits per heavy atom. The molecule has 0 saturated carbocycles. The fourth-order valence-corrected chi connectivity index (χ4v) is 3.06. The molecule has 1 saturated heterocycles. The molecule has 2 aromatic heterocycles. The normalized spacial score (nSPS) is 15.1. The van der Waals surface area contributed by atoms with Crippen molar-refractivity contribution in [2.24, 2.45) is 0 Å². The number of likely N-dealkylation sites (N-methyl/N-ethyl adjacent to an activating group) is 1. The van der Waals surface area contributed by atoms with Gasteiger partial charge in [-0.15, -0.1) is 0 Å². The van der Waals surface area contributed by atoms with Gasteiger partial charge in [0.1, 0.15) is 12.1 Å². The summed E-state index contributed by atoms with van der Waals surface area (Å²) >= 11 is 0. The SMILES string of the molecule is CN1CCCN(c2ccc(CNC(=O)CCNC(=O)c3ccoc3)cn2)CC1. The van der Waals surface area contributed by atoms with Crippen molar-refractivity contribution >= 4 is 17.6 Å². The molecular formula is C20H27N5O3. The Morgan fingerprint density at radius 2 is 2.04 bits per heavy atom.